The molecule has 0 aliphatic carbocycles. The standard InChI is InChI=1S/C19H20N4O5S/c1-27-15-7-2-6-14(11-15)20-19(24)13-5-4-10-23(12-13)29(25,26)17-9-3-8-16-18(17)22-28-21-16/h2-3,6-9,11,13H,4-5,10,12H2,1H3,(H,20,24)/t13-/m1/s1. The van der Waals surface area contributed by atoms with E-state index in [1.165, 1.54) is 10.4 Å². The Labute approximate surface area is 167 Å². The second kappa shape index (κ2) is 7.80. The van der Waals surface area contributed by atoms with Gasteiger partial charge in [-0.1, -0.05) is 12.1 Å². The molecule has 2 aromatic carbocycles. The van der Waals surface area contributed by atoms with Gasteiger partial charge >= 0.3 is 0 Å². The zero-order valence-corrected chi connectivity index (χ0v) is 16.6. The number of carbonyl (C=O) groups excluding carboxylic acids is 1. The third-order valence-electron chi connectivity index (χ3n) is 4.96. The van der Waals surface area contributed by atoms with Crippen molar-refractivity contribution in [3.63, 3.8) is 0 Å². The summed E-state index contributed by atoms with van der Waals surface area (Å²) in [5.41, 5.74) is 1.17. The van der Waals surface area contributed by atoms with Crippen LogP contribution in [0.1, 0.15) is 12.8 Å². The second-order valence-electron chi connectivity index (χ2n) is 6.81. The van der Waals surface area contributed by atoms with E-state index in [1.54, 1.807) is 43.5 Å². The van der Waals surface area contributed by atoms with Gasteiger partial charge in [-0.05, 0) is 47.4 Å². The van der Waals surface area contributed by atoms with Crippen LogP contribution in [0.5, 0.6) is 5.75 Å². The smallest absolute Gasteiger partial charge is 0.245 e. The first kappa shape index (κ1) is 19.3. The number of anilines is 1. The van der Waals surface area contributed by atoms with Crippen LogP contribution in [0, 0.1) is 5.92 Å². The molecule has 10 heteroatoms. The number of nitrogens with zero attached hydrogens (tertiary/aromatic N) is 3. The number of aromatic nitrogens is 2. The van der Waals surface area contributed by atoms with Crippen LogP contribution in [0.2, 0.25) is 0 Å². The fraction of sp³-hybridized carbons (Fsp3) is 0.316. The molecule has 0 radical (unpaired) electrons. The van der Waals surface area contributed by atoms with Gasteiger partial charge in [0, 0.05) is 24.8 Å². The Morgan fingerprint density at radius 2 is 2.07 bits per heavy atom. The van der Waals surface area contributed by atoms with Gasteiger partial charge < -0.3 is 10.1 Å². The molecule has 1 amide bonds. The second-order valence-corrected chi connectivity index (χ2v) is 8.72. The minimum Gasteiger partial charge on any atom is -0.497 e. The summed E-state index contributed by atoms with van der Waals surface area (Å²) in [6.07, 6.45) is 1.19. The van der Waals surface area contributed by atoms with E-state index in [0.29, 0.717) is 36.3 Å². The number of benzene rings is 2. The SMILES string of the molecule is COc1cccc(NC(=O)[C@@H]2CCCN(S(=O)(=O)c3cccc4nonc34)C2)c1. The Morgan fingerprint density at radius 1 is 1.24 bits per heavy atom. The van der Waals surface area contributed by atoms with Crippen LogP contribution in [-0.2, 0) is 14.8 Å². The van der Waals surface area contributed by atoms with E-state index in [-0.39, 0.29) is 22.9 Å². The highest BCUT2D eigenvalue weighted by atomic mass is 32.2. The predicted octanol–water partition coefficient (Wildman–Crippen LogP) is 2.27. The van der Waals surface area contributed by atoms with Gasteiger partial charge in [-0.2, -0.15) is 4.31 Å². The van der Waals surface area contributed by atoms with E-state index in [4.69, 9.17) is 4.74 Å². The number of rotatable bonds is 5. The molecule has 1 fully saturated rings. The van der Waals surface area contributed by atoms with E-state index in [0.717, 1.165) is 0 Å². The van der Waals surface area contributed by atoms with Crippen LogP contribution in [-0.4, -0.2) is 49.1 Å². The molecule has 1 aliphatic heterocycles. The molecule has 2 heterocycles. The summed E-state index contributed by atoms with van der Waals surface area (Å²) in [5.74, 6) is -0.0520. The Kier molecular flexibility index (Phi) is 5.20. The number of fused-ring (bicyclic) bond motifs is 1. The highest BCUT2D eigenvalue weighted by Crippen LogP contribution is 2.28. The lowest BCUT2D eigenvalue weighted by atomic mass is 9.98. The molecular formula is C19H20N4O5S. The topological polar surface area (TPSA) is 115 Å². The summed E-state index contributed by atoms with van der Waals surface area (Å²) in [7, 11) is -2.29. The third kappa shape index (κ3) is 3.81. The maximum atomic E-state index is 13.2. The number of carbonyl (C=O) groups is 1. The highest BCUT2D eigenvalue weighted by molar-refractivity contribution is 7.89. The molecule has 9 nitrogen and oxygen atoms in total. The molecule has 1 aliphatic rings. The minimum atomic E-state index is -3.84. The van der Waals surface area contributed by atoms with E-state index in [9.17, 15) is 13.2 Å². The van der Waals surface area contributed by atoms with Crippen molar-refractivity contribution in [2.75, 3.05) is 25.5 Å². The molecule has 29 heavy (non-hydrogen) atoms. The normalized spacial score (nSPS) is 17.9. The van der Waals surface area contributed by atoms with E-state index < -0.39 is 15.9 Å². The van der Waals surface area contributed by atoms with Crippen molar-refractivity contribution in [1.29, 1.82) is 0 Å². The van der Waals surface area contributed by atoms with E-state index in [2.05, 4.69) is 20.3 Å². The van der Waals surface area contributed by atoms with Gasteiger partial charge in [-0.3, -0.25) is 4.79 Å². The lowest BCUT2D eigenvalue weighted by Crippen LogP contribution is -2.43. The first-order valence-electron chi connectivity index (χ1n) is 9.15. The Hall–Kier alpha value is -2.98. The lowest BCUT2D eigenvalue weighted by Gasteiger charge is -2.31. The molecule has 1 atom stereocenters. The third-order valence-corrected chi connectivity index (χ3v) is 6.86. The van der Waals surface area contributed by atoms with Gasteiger partial charge in [0.05, 0.1) is 13.0 Å². The van der Waals surface area contributed by atoms with Crippen molar-refractivity contribution in [3.8, 4) is 5.75 Å². The molecule has 4 rings (SSSR count). The largest absolute Gasteiger partial charge is 0.497 e. The summed E-state index contributed by atoms with van der Waals surface area (Å²) in [6.45, 7) is 0.437. The minimum absolute atomic E-state index is 0.0325. The summed E-state index contributed by atoms with van der Waals surface area (Å²) in [6, 6.07) is 11.7. The van der Waals surface area contributed by atoms with E-state index >= 15 is 0 Å². The fourth-order valence-corrected chi connectivity index (χ4v) is 5.11. The Bertz CT molecular complexity index is 1140. The van der Waals surface area contributed by atoms with Gasteiger partial charge in [0.2, 0.25) is 15.9 Å². The van der Waals surface area contributed by atoms with Gasteiger partial charge in [-0.15, -0.1) is 0 Å². The van der Waals surface area contributed by atoms with Crippen molar-refractivity contribution < 1.29 is 22.6 Å². The number of methoxy groups -OCH3 is 1. The summed E-state index contributed by atoms with van der Waals surface area (Å²) in [5, 5.41) is 10.3. The fourth-order valence-electron chi connectivity index (χ4n) is 3.45. The molecule has 0 spiro atoms. The van der Waals surface area contributed by atoms with Crippen molar-refractivity contribution in [1.82, 2.24) is 14.6 Å². The highest BCUT2D eigenvalue weighted by Gasteiger charge is 2.35. The summed E-state index contributed by atoms with van der Waals surface area (Å²) in [4.78, 5) is 12.8. The first-order chi connectivity index (χ1) is 14.0. The molecule has 0 saturated carbocycles. The summed E-state index contributed by atoms with van der Waals surface area (Å²) >= 11 is 0. The Balaban J connectivity index is 1.53. The number of amides is 1. The maximum absolute atomic E-state index is 13.2. The van der Waals surface area contributed by atoms with Gasteiger partial charge in [0.1, 0.15) is 16.2 Å². The number of hydrogen-bond donors (Lipinski definition) is 1. The summed E-state index contributed by atoms with van der Waals surface area (Å²) < 4.78 is 37.5. The number of sulfonamides is 1. The van der Waals surface area contributed by atoms with Crippen LogP contribution >= 0.6 is 0 Å². The maximum Gasteiger partial charge on any atom is 0.245 e. The number of hydrogen-bond acceptors (Lipinski definition) is 7. The lowest BCUT2D eigenvalue weighted by molar-refractivity contribution is -0.120. The van der Waals surface area contributed by atoms with Crippen molar-refractivity contribution in [2.45, 2.75) is 17.7 Å². The average Bonchev–Trinajstić information content (AvgIpc) is 3.22. The molecular weight excluding hydrogens is 396 g/mol. The van der Waals surface area contributed by atoms with Crippen LogP contribution in [0.15, 0.2) is 52.0 Å². The molecule has 0 bridgehead atoms. The van der Waals surface area contributed by atoms with E-state index in [1.807, 2.05) is 0 Å². The average molecular weight is 416 g/mol. The molecule has 1 aromatic heterocycles. The Morgan fingerprint density at radius 3 is 2.90 bits per heavy atom. The molecule has 152 valence electrons. The van der Waals surface area contributed by atoms with Crippen LogP contribution in [0.4, 0.5) is 5.69 Å². The van der Waals surface area contributed by atoms with Crippen LogP contribution in [0.25, 0.3) is 11.0 Å². The number of piperidine rings is 1. The first-order valence-corrected chi connectivity index (χ1v) is 10.6. The van der Waals surface area contributed by atoms with Crippen molar-refractivity contribution in [2.24, 2.45) is 5.92 Å². The zero-order chi connectivity index (χ0) is 20.4. The molecule has 0 unspecified atom stereocenters. The van der Waals surface area contributed by atoms with Crippen molar-refractivity contribution in [3.05, 3.63) is 42.5 Å². The van der Waals surface area contributed by atoms with Gasteiger partial charge in [0.25, 0.3) is 0 Å². The number of ether oxygens (including phenoxy) is 1. The zero-order valence-electron chi connectivity index (χ0n) is 15.7. The predicted molar refractivity (Wildman–Crippen MR) is 105 cm³/mol. The van der Waals surface area contributed by atoms with Crippen LogP contribution < -0.4 is 10.1 Å². The molecule has 1 saturated heterocycles. The van der Waals surface area contributed by atoms with Crippen molar-refractivity contribution >= 4 is 32.7 Å². The quantitative estimate of drug-likeness (QED) is 0.678. The number of nitrogens with one attached hydrogen (secondary N) is 1. The van der Waals surface area contributed by atoms with Gasteiger partial charge in [-0.25, -0.2) is 13.0 Å². The monoisotopic (exact) mass is 416 g/mol. The van der Waals surface area contributed by atoms with Gasteiger partial charge in [0.15, 0.2) is 5.52 Å². The molecule has 3 aromatic rings. The molecule has 1 N–H and O–H groups in total. The van der Waals surface area contributed by atoms with Crippen LogP contribution in [0.3, 0.4) is 0 Å².